The lowest BCUT2D eigenvalue weighted by molar-refractivity contribution is -0.127. The highest BCUT2D eigenvalue weighted by molar-refractivity contribution is 14.0. The number of aliphatic imine (C=N–C) groups is 1. The molecule has 0 fully saturated rings. The highest BCUT2D eigenvalue weighted by atomic mass is 127. The number of nitrogens with zero attached hydrogens (tertiary/aromatic N) is 4. The van der Waals surface area contributed by atoms with Gasteiger partial charge in [-0.25, -0.2) is 9.98 Å². The summed E-state index contributed by atoms with van der Waals surface area (Å²) in [7, 11) is 3.47. The second-order valence-corrected chi connectivity index (χ2v) is 5.53. The first-order chi connectivity index (χ1) is 11.5. The molecule has 1 aromatic heterocycles. The van der Waals surface area contributed by atoms with Gasteiger partial charge in [-0.05, 0) is 32.4 Å². The fraction of sp³-hybridized carbons (Fsp3) is 0.588. The molecule has 0 radical (unpaired) electrons. The van der Waals surface area contributed by atoms with Crippen LogP contribution in [0, 0.1) is 0 Å². The number of hydrogen-bond acceptors (Lipinski definition) is 4. The van der Waals surface area contributed by atoms with Crippen LogP contribution < -0.4 is 15.5 Å². The number of nitrogens with one attached hydrogen (secondary N) is 2. The Balaban J connectivity index is 0.00000576. The number of hydrogen-bond donors (Lipinski definition) is 2. The normalized spacial score (nSPS) is 10.7. The SMILES string of the molecule is CCNC(=NCc1ccc(N(CC)CC)nc1)NCC(=O)N(C)C.I. The van der Waals surface area contributed by atoms with Gasteiger partial charge in [-0.3, -0.25) is 4.79 Å². The Kier molecular flexibility index (Phi) is 11.9. The first-order valence-electron chi connectivity index (χ1n) is 8.43. The minimum absolute atomic E-state index is 0. The highest BCUT2D eigenvalue weighted by Crippen LogP contribution is 2.11. The van der Waals surface area contributed by atoms with Crippen molar-refractivity contribution in [3.8, 4) is 0 Å². The predicted octanol–water partition coefficient (Wildman–Crippen LogP) is 1.69. The topological polar surface area (TPSA) is 72.9 Å². The van der Waals surface area contributed by atoms with Crippen molar-refractivity contribution in [1.82, 2.24) is 20.5 Å². The van der Waals surface area contributed by atoms with Crippen LogP contribution in [-0.2, 0) is 11.3 Å². The van der Waals surface area contributed by atoms with Crippen LogP contribution in [0.4, 0.5) is 5.82 Å². The van der Waals surface area contributed by atoms with Gasteiger partial charge in [-0.1, -0.05) is 6.07 Å². The predicted molar refractivity (Wildman–Crippen MR) is 115 cm³/mol. The van der Waals surface area contributed by atoms with Crippen LogP contribution in [0.25, 0.3) is 0 Å². The molecule has 0 aromatic carbocycles. The van der Waals surface area contributed by atoms with E-state index < -0.39 is 0 Å². The van der Waals surface area contributed by atoms with Gasteiger partial charge in [0.15, 0.2) is 5.96 Å². The van der Waals surface area contributed by atoms with E-state index >= 15 is 0 Å². The van der Waals surface area contributed by atoms with E-state index in [4.69, 9.17) is 0 Å². The Morgan fingerprint density at radius 1 is 1.16 bits per heavy atom. The Morgan fingerprint density at radius 3 is 2.32 bits per heavy atom. The summed E-state index contributed by atoms with van der Waals surface area (Å²) < 4.78 is 0. The van der Waals surface area contributed by atoms with Gasteiger partial charge in [0, 0.05) is 39.9 Å². The first kappa shape index (κ1) is 23.4. The molecule has 0 bridgehead atoms. The zero-order chi connectivity index (χ0) is 17.9. The minimum atomic E-state index is 0. The molecular weight excluding hydrogens is 431 g/mol. The van der Waals surface area contributed by atoms with Crippen molar-refractivity contribution in [2.24, 2.45) is 4.99 Å². The van der Waals surface area contributed by atoms with Crippen molar-refractivity contribution in [2.45, 2.75) is 27.3 Å². The Hall–Kier alpha value is -1.58. The van der Waals surface area contributed by atoms with Crippen LogP contribution in [-0.4, -0.2) is 62.0 Å². The van der Waals surface area contributed by atoms with Gasteiger partial charge in [-0.15, -0.1) is 24.0 Å². The molecule has 142 valence electrons. The summed E-state index contributed by atoms with van der Waals surface area (Å²) >= 11 is 0. The van der Waals surface area contributed by atoms with Gasteiger partial charge in [0.25, 0.3) is 0 Å². The van der Waals surface area contributed by atoms with Gasteiger partial charge in [0.2, 0.25) is 5.91 Å². The summed E-state index contributed by atoms with van der Waals surface area (Å²) in [6, 6.07) is 4.06. The standard InChI is InChI=1S/C17H30N6O.HI/c1-6-18-17(21-13-16(24)22(4)5)20-12-14-9-10-15(19-11-14)23(7-2)8-3;/h9-11H,6-8,12-13H2,1-5H3,(H2,18,20,21);1H. The third kappa shape index (κ3) is 8.37. The molecule has 0 spiro atoms. The fourth-order valence-corrected chi connectivity index (χ4v) is 2.07. The number of pyridine rings is 1. The van der Waals surface area contributed by atoms with Gasteiger partial charge in [0.05, 0.1) is 13.1 Å². The maximum Gasteiger partial charge on any atom is 0.241 e. The number of likely N-dealkylation sites (N-methyl/N-ethyl adjacent to an activating group) is 1. The Labute approximate surface area is 168 Å². The zero-order valence-corrected chi connectivity index (χ0v) is 18.2. The monoisotopic (exact) mass is 462 g/mol. The maximum absolute atomic E-state index is 11.7. The van der Waals surface area contributed by atoms with Crippen molar-refractivity contribution >= 4 is 41.7 Å². The number of amides is 1. The van der Waals surface area contributed by atoms with Crippen LogP contribution in [0.15, 0.2) is 23.3 Å². The molecule has 0 saturated carbocycles. The van der Waals surface area contributed by atoms with Crippen LogP contribution in [0.2, 0.25) is 0 Å². The summed E-state index contributed by atoms with van der Waals surface area (Å²) in [6.45, 7) is 9.58. The molecule has 1 rings (SSSR count). The summed E-state index contributed by atoms with van der Waals surface area (Å²) in [5.41, 5.74) is 1.03. The number of anilines is 1. The molecule has 1 aromatic rings. The number of carbonyl (C=O) groups is 1. The Bertz CT molecular complexity index is 528. The molecule has 8 heteroatoms. The van der Waals surface area contributed by atoms with E-state index in [1.807, 2.05) is 25.3 Å². The van der Waals surface area contributed by atoms with Crippen LogP contribution in [0.3, 0.4) is 0 Å². The lowest BCUT2D eigenvalue weighted by Gasteiger charge is -2.19. The molecule has 0 aliphatic heterocycles. The summed E-state index contributed by atoms with van der Waals surface area (Å²) in [6.07, 6.45) is 1.85. The van der Waals surface area contributed by atoms with E-state index in [0.29, 0.717) is 12.5 Å². The van der Waals surface area contributed by atoms with E-state index in [0.717, 1.165) is 31.0 Å². The second-order valence-electron chi connectivity index (χ2n) is 5.53. The largest absolute Gasteiger partial charge is 0.357 e. The van der Waals surface area contributed by atoms with E-state index in [9.17, 15) is 4.79 Å². The molecular formula is C17H31IN6O. The number of halogens is 1. The van der Waals surface area contributed by atoms with Crippen molar-refractivity contribution in [1.29, 1.82) is 0 Å². The van der Waals surface area contributed by atoms with Crippen LogP contribution in [0.5, 0.6) is 0 Å². The number of carbonyl (C=O) groups excluding carboxylic acids is 1. The van der Waals surface area contributed by atoms with Gasteiger partial charge in [0.1, 0.15) is 5.82 Å². The number of rotatable bonds is 8. The molecule has 0 aliphatic rings. The van der Waals surface area contributed by atoms with Crippen molar-refractivity contribution in [2.75, 3.05) is 45.2 Å². The van der Waals surface area contributed by atoms with E-state index in [1.165, 1.54) is 0 Å². The lowest BCUT2D eigenvalue weighted by atomic mass is 10.3. The first-order valence-corrected chi connectivity index (χ1v) is 8.43. The maximum atomic E-state index is 11.7. The average Bonchev–Trinajstić information content (AvgIpc) is 2.59. The van der Waals surface area contributed by atoms with Crippen molar-refractivity contribution in [3.63, 3.8) is 0 Å². The smallest absolute Gasteiger partial charge is 0.241 e. The summed E-state index contributed by atoms with van der Waals surface area (Å²) in [5, 5.41) is 6.17. The molecule has 0 saturated heterocycles. The van der Waals surface area contributed by atoms with Crippen molar-refractivity contribution < 1.29 is 4.79 Å². The van der Waals surface area contributed by atoms with Crippen molar-refractivity contribution in [3.05, 3.63) is 23.9 Å². The molecule has 0 unspecified atom stereocenters. The Morgan fingerprint density at radius 2 is 1.84 bits per heavy atom. The highest BCUT2D eigenvalue weighted by Gasteiger charge is 2.06. The molecule has 25 heavy (non-hydrogen) atoms. The molecule has 1 heterocycles. The van der Waals surface area contributed by atoms with E-state index in [-0.39, 0.29) is 36.4 Å². The van der Waals surface area contributed by atoms with E-state index in [2.05, 4.69) is 39.4 Å². The number of aromatic nitrogens is 1. The molecule has 0 aliphatic carbocycles. The van der Waals surface area contributed by atoms with Gasteiger partial charge >= 0.3 is 0 Å². The van der Waals surface area contributed by atoms with E-state index in [1.54, 1.807) is 19.0 Å². The molecule has 1 amide bonds. The zero-order valence-electron chi connectivity index (χ0n) is 15.9. The third-order valence-corrected chi connectivity index (χ3v) is 3.57. The van der Waals surface area contributed by atoms with Gasteiger partial charge in [-0.2, -0.15) is 0 Å². The molecule has 0 atom stereocenters. The second kappa shape index (κ2) is 12.7. The average molecular weight is 462 g/mol. The van der Waals surface area contributed by atoms with Gasteiger partial charge < -0.3 is 20.4 Å². The number of guanidine groups is 1. The molecule has 7 nitrogen and oxygen atoms in total. The quantitative estimate of drug-likeness (QED) is 0.350. The third-order valence-electron chi connectivity index (χ3n) is 3.57. The fourth-order valence-electron chi connectivity index (χ4n) is 2.07. The summed E-state index contributed by atoms with van der Waals surface area (Å²) in [4.78, 5) is 24.4. The molecule has 2 N–H and O–H groups in total. The minimum Gasteiger partial charge on any atom is -0.357 e. The lowest BCUT2D eigenvalue weighted by Crippen LogP contribution is -2.42. The van der Waals surface area contributed by atoms with Crippen LogP contribution >= 0.6 is 24.0 Å². The van der Waals surface area contributed by atoms with Crippen LogP contribution in [0.1, 0.15) is 26.3 Å². The summed E-state index contributed by atoms with van der Waals surface area (Å²) in [5.74, 6) is 1.61.